The monoisotopic (exact) mass is 254 g/mol. The van der Waals surface area contributed by atoms with E-state index >= 15 is 0 Å². The molecule has 3 heteroatoms. The number of hydrogen-bond donors (Lipinski definition) is 1. The molecule has 0 fully saturated rings. The highest BCUT2D eigenvalue weighted by molar-refractivity contribution is 6.37. The fourth-order valence-electron chi connectivity index (χ4n) is 1.99. The number of fused-ring (bicyclic) bond motifs is 1. The zero-order valence-corrected chi connectivity index (χ0v) is 10.4. The van der Waals surface area contributed by atoms with Crippen LogP contribution < -0.4 is 5.73 Å². The van der Waals surface area contributed by atoms with Gasteiger partial charge in [0.2, 0.25) is 0 Å². The number of halogens is 1. The van der Waals surface area contributed by atoms with Crippen molar-refractivity contribution in [2.45, 2.75) is 0 Å². The molecule has 1 heterocycles. The molecule has 0 aliphatic carbocycles. The molecule has 0 unspecified atom stereocenters. The van der Waals surface area contributed by atoms with Crippen molar-refractivity contribution in [1.29, 1.82) is 0 Å². The van der Waals surface area contributed by atoms with Crippen LogP contribution in [-0.4, -0.2) is 4.98 Å². The van der Waals surface area contributed by atoms with E-state index in [1.54, 1.807) is 6.20 Å². The molecule has 88 valence electrons. The van der Waals surface area contributed by atoms with Gasteiger partial charge in [-0.15, -0.1) is 0 Å². The highest BCUT2D eigenvalue weighted by Crippen LogP contribution is 2.31. The molecular weight excluding hydrogens is 244 g/mol. The SMILES string of the molecule is Nc1cnc2ccc(-c3ccccc3)cc2c1Cl. The van der Waals surface area contributed by atoms with Crippen LogP contribution in [0, 0.1) is 0 Å². The zero-order chi connectivity index (χ0) is 12.5. The molecule has 0 saturated heterocycles. The predicted octanol–water partition coefficient (Wildman–Crippen LogP) is 4.14. The molecule has 2 aromatic carbocycles. The Morgan fingerprint density at radius 2 is 1.72 bits per heavy atom. The van der Waals surface area contributed by atoms with Crippen molar-refractivity contribution in [2.75, 3.05) is 5.73 Å². The second-order valence-corrected chi connectivity index (χ2v) is 4.50. The predicted molar refractivity (Wildman–Crippen MR) is 76.6 cm³/mol. The van der Waals surface area contributed by atoms with Crippen LogP contribution in [0.1, 0.15) is 0 Å². The maximum absolute atomic E-state index is 6.22. The third-order valence-electron chi connectivity index (χ3n) is 2.94. The molecule has 2 N–H and O–H groups in total. The van der Waals surface area contributed by atoms with Crippen molar-refractivity contribution >= 4 is 28.2 Å². The van der Waals surface area contributed by atoms with E-state index in [9.17, 15) is 0 Å². The first kappa shape index (κ1) is 11.1. The molecule has 0 spiro atoms. The van der Waals surface area contributed by atoms with Crippen LogP contribution in [0.5, 0.6) is 0 Å². The topological polar surface area (TPSA) is 38.9 Å². The van der Waals surface area contributed by atoms with Crippen molar-refractivity contribution in [1.82, 2.24) is 4.98 Å². The minimum absolute atomic E-state index is 0.509. The average molecular weight is 255 g/mol. The molecule has 0 amide bonds. The fourth-order valence-corrected chi connectivity index (χ4v) is 2.19. The summed E-state index contributed by atoms with van der Waals surface area (Å²) in [5.74, 6) is 0. The van der Waals surface area contributed by atoms with Crippen molar-refractivity contribution in [2.24, 2.45) is 0 Å². The second kappa shape index (κ2) is 4.31. The number of nitrogens with two attached hydrogens (primary N) is 1. The fraction of sp³-hybridized carbons (Fsp3) is 0. The summed E-state index contributed by atoms with van der Waals surface area (Å²) in [5, 5.41) is 1.45. The van der Waals surface area contributed by atoms with Gasteiger partial charge in [0, 0.05) is 5.39 Å². The molecule has 0 aliphatic rings. The summed E-state index contributed by atoms with van der Waals surface area (Å²) in [6, 6.07) is 16.2. The van der Waals surface area contributed by atoms with E-state index in [0.717, 1.165) is 22.0 Å². The van der Waals surface area contributed by atoms with E-state index in [4.69, 9.17) is 17.3 Å². The van der Waals surface area contributed by atoms with Gasteiger partial charge >= 0.3 is 0 Å². The Morgan fingerprint density at radius 1 is 0.944 bits per heavy atom. The van der Waals surface area contributed by atoms with Gasteiger partial charge < -0.3 is 5.73 Å². The van der Waals surface area contributed by atoms with Gasteiger partial charge in [0.15, 0.2) is 0 Å². The second-order valence-electron chi connectivity index (χ2n) is 4.13. The van der Waals surface area contributed by atoms with Crippen molar-refractivity contribution < 1.29 is 0 Å². The standard InChI is InChI=1S/C15H11ClN2/c16-15-12-8-11(10-4-2-1-3-5-10)6-7-14(12)18-9-13(15)17/h1-9H,17H2. The van der Waals surface area contributed by atoms with E-state index < -0.39 is 0 Å². The van der Waals surface area contributed by atoms with Crippen LogP contribution in [0.15, 0.2) is 54.7 Å². The number of anilines is 1. The van der Waals surface area contributed by atoms with E-state index in [1.165, 1.54) is 0 Å². The molecule has 1 aromatic heterocycles. The van der Waals surface area contributed by atoms with Crippen molar-refractivity contribution in [3.8, 4) is 11.1 Å². The molecule has 3 aromatic rings. The van der Waals surface area contributed by atoms with Crippen LogP contribution in [0.25, 0.3) is 22.0 Å². The quantitative estimate of drug-likeness (QED) is 0.709. The summed E-state index contributed by atoms with van der Waals surface area (Å²) in [6.45, 7) is 0. The summed E-state index contributed by atoms with van der Waals surface area (Å²) in [5.41, 5.74) is 9.40. The highest BCUT2D eigenvalue weighted by Gasteiger charge is 2.06. The molecule has 0 atom stereocenters. The molecule has 0 bridgehead atoms. The largest absolute Gasteiger partial charge is 0.396 e. The smallest absolute Gasteiger partial charge is 0.0745 e. The molecule has 0 saturated carbocycles. The molecule has 0 aliphatic heterocycles. The number of rotatable bonds is 1. The van der Waals surface area contributed by atoms with Crippen molar-refractivity contribution in [3.63, 3.8) is 0 Å². The Kier molecular flexibility index (Phi) is 2.65. The Labute approximate surface area is 110 Å². The van der Waals surface area contributed by atoms with Crippen LogP contribution >= 0.6 is 11.6 Å². The van der Waals surface area contributed by atoms with E-state index in [-0.39, 0.29) is 0 Å². The number of aromatic nitrogens is 1. The zero-order valence-electron chi connectivity index (χ0n) is 9.60. The number of pyridine rings is 1. The number of hydrogen-bond acceptors (Lipinski definition) is 2. The van der Waals surface area contributed by atoms with Gasteiger partial charge in [-0.25, -0.2) is 0 Å². The lowest BCUT2D eigenvalue weighted by Gasteiger charge is -2.06. The lowest BCUT2D eigenvalue weighted by atomic mass is 10.0. The van der Waals surface area contributed by atoms with E-state index in [0.29, 0.717) is 10.7 Å². The van der Waals surface area contributed by atoms with Gasteiger partial charge in [-0.05, 0) is 23.3 Å². The summed E-state index contributed by atoms with van der Waals surface area (Å²) in [6.07, 6.45) is 1.59. The molecule has 0 radical (unpaired) electrons. The number of nitrogen functional groups attached to an aromatic ring is 1. The molecular formula is C15H11ClN2. The highest BCUT2D eigenvalue weighted by atomic mass is 35.5. The maximum Gasteiger partial charge on any atom is 0.0745 e. The van der Waals surface area contributed by atoms with E-state index in [1.807, 2.05) is 36.4 Å². The minimum Gasteiger partial charge on any atom is -0.396 e. The van der Waals surface area contributed by atoms with Gasteiger partial charge in [0.05, 0.1) is 22.4 Å². The Morgan fingerprint density at radius 3 is 2.50 bits per heavy atom. The van der Waals surface area contributed by atoms with Gasteiger partial charge in [-0.2, -0.15) is 0 Å². The molecule has 2 nitrogen and oxygen atoms in total. The molecule has 18 heavy (non-hydrogen) atoms. The van der Waals surface area contributed by atoms with Crippen LogP contribution in [0.4, 0.5) is 5.69 Å². The lowest BCUT2D eigenvalue weighted by Crippen LogP contribution is -1.90. The number of nitrogens with zero attached hydrogens (tertiary/aromatic N) is 1. The Hall–Kier alpha value is -2.06. The third-order valence-corrected chi connectivity index (χ3v) is 3.36. The maximum atomic E-state index is 6.22. The third kappa shape index (κ3) is 1.81. The van der Waals surface area contributed by atoms with Gasteiger partial charge in [-0.3, -0.25) is 4.98 Å². The first-order valence-electron chi connectivity index (χ1n) is 5.65. The minimum atomic E-state index is 0.509. The first-order chi connectivity index (χ1) is 8.75. The van der Waals surface area contributed by atoms with Crippen LogP contribution in [0.3, 0.4) is 0 Å². The summed E-state index contributed by atoms with van der Waals surface area (Å²) < 4.78 is 0. The van der Waals surface area contributed by atoms with Gasteiger partial charge in [0.1, 0.15) is 0 Å². The summed E-state index contributed by atoms with van der Waals surface area (Å²) >= 11 is 6.22. The Balaban J connectivity index is 2.25. The average Bonchev–Trinajstić information content (AvgIpc) is 2.44. The van der Waals surface area contributed by atoms with Gasteiger partial charge in [-0.1, -0.05) is 48.0 Å². The molecule has 3 rings (SSSR count). The van der Waals surface area contributed by atoms with Crippen molar-refractivity contribution in [3.05, 3.63) is 59.8 Å². The van der Waals surface area contributed by atoms with Crippen LogP contribution in [0.2, 0.25) is 5.02 Å². The van der Waals surface area contributed by atoms with Gasteiger partial charge in [0.25, 0.3) is 0 Å². The summed E-state index contributed by atoms with van der Waals surface area (Å²) in [4.78, 5) is 4.27. The summed E-state index contributed by atoms with van der Waals surface area (Å²) in [7, 11) is 0. The normalized spacial score (nSPS) is 10.7. The van der Waals surface area contributed by atoms with Crippen LogP contribution in [-0.2, 0) is 0 Å². The lowest BCUT2D eigenvalue weighted by molar-refractivity contribution is 1.41. The Bertz CT molecular complexity index is 708. The first-order valence-corrected chi connectivity index (χ1v) is 6.02. The van der Waals surface area contributed by atoms with E-state index in [2.05, 4.69) is 17.1 Å². The number of benzene rings is 2.